The van der Waals surface area contributed by atoms with E-state index < -0.39 is 5.97 Å². The molecule has 86 valence electrons. The zero-order valence-corrected chi connectivity index (χ0v) is 9.63. The van der Waals surface area contributed by atoms with Crippen LogP contribution in [0.3, 0.4) is 0 Å². The molecule has 1 fully saturated rings. The molecule has 6 heteroatoms. The van der Waals surface area contributed by atoms with Gasteiger partial charge in [0.2, 0.25) is 5.91 Å². The number of carbonyl (C=O) groups excluding carboxylic acids is 1. The van der Waals surface area contributed by atoms with Crippen molar-refractivity contribution in [3.05, 3.63) is 0 Å². The van der Waals surface area contributed by atoms with E-state index in [2.05, 4.69) is 4.31 Å². The van der Waals surface area contributed by atoms with Crippen molar-refractivity contribution in [1.29, 1.82) is 0 Å². The summed E-state index contributed by atoms with van der Waals surface area (Å²) in [5.74, 6) is -0.0369. The predicted molar refractivity (Wildman–Crippen MR) is 58.5 cm³/mol. The monoisotopic (exact) mass is 232 g/mol. The minimum Gasteiger partial charge on any atom is -0.481 e. The summed E-state index contributed by atoms with van der Waals surface area (Å²) < 4.78 is 2.13. The van der Waals surface area contributed by atoms with Gasteiger partial charge in [0.05, 0.1) is 6.42 Å². The second-order valence-electron chi connectivity index (χ2n) is 3.41. The second kappa shape index (κ2) is 5.97. The summed E-state index contributed by atoms with van der Waals surface area (Å²) in [4.78, 5) is 23.1. The number of aliphatic carboxylic acids is 1. The van der Waals surface area contributed by atoms with Gasteiger partial charge >= 0.3 is 5.97 Å². The van der Waals surface area contributed by atoms with Gasteiger partial charge < -0.3 is 10.0 Å². The van der Waals surface area contributed by atoms with Crippen molar-refractivity contribution in [1.82, 2.24) is 9.21 Å². The summed E-state index contributed by atoms with van der Waals surface area (Å²) in [7, 11) is 0. The lowest BCUT2D eigenvalue weighted by molar-refractivity contribution is -0.136. The van der Waals surface area contributed by atoms with Gasteiger partial charge in [-0.1, -0.05) is 11.9 Å². The highest BCUT2D eigenvalue weighted by molar-refractivity contribution is 7.97. The fourth-order valence-electron chi connectivity index (χ4n) is 1.39. The van der Waals surface area contributed by atoms with Crippen LogP contribution < -0.4 is 0 Å². The van der Waals surface area contributed by atoms with Crippen LogP contribution >= 0.6 is 11.9 Å². The Morgan fingerprint density at radius 3 is 2.33 bits per heavy atom. The van der Waals surface area contributed by atoms with Gasteiger partial charge in [0.15, 0.2) is 0 Å². The van der Waals surface area contributed by atoms with Gasteiger partial charge in [-0.2, -0.15) is 0 Å². The molecule has 1 N–H and O–H groups in total. The average Bonchev–Trinajstić information content (AvgIpc) is 2.18. The summed E-state index contributed by atoms with van der Waals surface area (Å²) in [6.45, 7) is 4.71. The van der Waals surface area contributed by atoms with E-state index in [1.807, 2.05) is 4.90 Å². The van der Waals surface area contributed by atoms with Crippen molar-refractivity contribution in [2.45, 2.75) is 13.3 Å². The van der Waals surface area contributed by atoms with Gasteiger partial charge in [-0.05, 0) is 0 Å². The molecule has 0 spiro atoms. The van der Waals surface area contributed by atoms with Crippen LogP contribution in [0.4, 0.5) is 0 Å². The Balaban J connectivity index is 2.14. The van der Waals surface area contributed by atoms with Crippen LogP contribution in [-0.2, 0) is 9.59 Å². The lowest BCUT2D eigenvalue weighted by Crippen LogP contribution is -2.45. The number of amides is 1. The van der Waals surface area contributed by atoms with Gasteiger partial charge in [0, 0.05) is 38.9 Å². The molecule has 0 aliphatic carbocycles. The van der Waals surface area contributed by atoms with Crippen molar-refractivity contribution >= 4 is 23.8 Å². The standard InChI is InChI=1S/C9H16N2O3S/c1-8(12)10-3-5-11(6-4-10)15-7-2-9(13)14/h2-7H2,1H3,(H,13,14). The van der Waals surface area contributed by atoms with Crippen molar-refractivity contribution in [3.8, 4) is 0 Å². The number of hydrogen-bond donors (Lipinski definition) is 1. The molecule has 1 amide bonds. The minimum absolute atomic E-state index is 0.116. The Kier molecular flexibility index (Phi) is 4.90. The molecule has 0 atom stereocenters. The van der Waals surface area contributed by atoms with Crippen LogP contribution in [0.5, 0.6) is 0 Å². The van der Waals surface area contributed by atoms with Crippen molar-refractivity contribution in [2.75, 3.05) is 31.9 Å². The topological polar surface area (TPSA) is 60.9 Å². The molecular formula is C9H16N2O3S. The maximum atomic E-state index is 11.0. The molecule has 0 saturated carbocycles. The van der Waals surface area contributed by atoms with Crippen LogP contribution in [0, 0.1) is 0 Å². The summed E-state index contributed by atoms with van der Waals surface area (Å²) in [6.07, 6.45) is 0.192. The van der Waals surface area contributed by atoms with Crippen molar-refractivity contribution < 1.29 is 14.7 Å². The smallest absolute Gasteiger partial charge is 0.304 e. The molecule has 1 heterocycles. The fraction of sp³-hybridized carbons (Fsp3) is 0.778. The lowest BCUT2D eigenvalue weighted by Gasteiger charge is -2.33. The van der Waals surface area contributed by atoms with E-state index in [-0.39, 0.29) is 12.3 Å². The minimum atomic E-state index is -0.759. The summed E-state index contributed by atoms with van der Waals surface area (Å²) in [6, 6.07) is 0. The molecule has 0 aromatic rings. The molecular weight excluding hydrogens is 216 g/mol. The summed E-state index contributed by atoms with van der Waals surface area (Å²) in [5.41, 5.74) is 0. The SMILES string of the molecule is CC(=O)N1CCN(SCCC(=O)O)CC1. The van der Waals surface area contributed by atoms with Crippen molar-refractivity contribution in [3.63, 3.8) is 0 Å². The van der Waals surface area contributed by atoms with E-state index in [1.54, 1.807) is 18.9 Å². The van der Waals surface area contributed by atoms with E-state index in [0.717, 1.165) is 26.2 Å². The van der Waals surface area contributed by atoms with E-state index in [1.165, 1.54) is 0 Å². The van der Waals surface area contributed by atoms with Crippen molar-refractivity contribution in [2.24, 2.45) is 0 Å². The number of carbonyl (C=O) groups is 2. The number of nitrogens with zero attached hydrogens (tertiary/aromatic N) is 2. The number of hydrogen-bond acceptors (Lipinski definition) is 4. The Bertz CT molecular complexity index is 237. The zero-order valence-electron chi connectivity index (χ0n) is 8.81. The Labute approximate surface area is 93.5 Å². The maximum absolute atomic E-state index is 11.0. The van der Waals surface area contributed by atoms with Gasteiger partial charge in [-0.15, -0.1) is 0 Å². The molecule has 15 heavy (non-hydrogen) atoms. The molecule has 0 aromatic heterocycles. The first-order chi connectivity index (χ1) is 7.09. The van der Waals surface area contributed by atoms with Crippen LogP contribution in [0.1, 0.15) is 13.3 Å². The highest BCUT2D eigenvalue weighted by atomic mass is 32.2. The molecule has 1 rings (SSSR count). The quantitative estimate of drug-likeness (QED) is 0.705. The molecule has 1 aliphatic heterocycles. The third kappa shape index (κ3) is 4.53. The molecule has 0 bridgehead atoms. The van der Waals surface area contributed by atoms with Gasteiger partial charge in [0.25, 0.3) is 0 Å². The Hall–Kier alpha value is -0.750. The van der Waals surface area contributed by atoms with Gasteiger partial charge in [-0.25, -0.2) is 4.31 Å². The highest BCUT2D eigenvalue weighted by Crippen LogP contribution is 2.14. The Morgan fingerprint density at radius 1 is 1.27 bits per heavy atom. The van der Waals surface area contributed by atoms with Crippen LogP contribution in [-0.4, -0.2) is 58.1 Å². The van der Waals surface area contributed by atoms with Gasteiger partial charge in [-0.3, -0.25) is 9.59 Å². The van der Waals surface area contributed by atoms with Gasteiger partial charge in [0.1, 0.15) is 0 Å². The molecule has 1 saturated heterocycles. The van der Waals surface area contributed by atoms with E-state index >= 15 is 0 Å². The zero-order chi connectivity index (χ0) is 11.3. The number of carboxylic acids is 1. The van der Waals surface area contributed by atoms with Crippen LogP contribution in [0.25, 0.3) is 0 Å². The average molecular weight is 232 g/mol. The number of carboxylic acid groups (broad SMARTS) is 1. The normalized spacial score (nSPS) is 17.8. The lowest BCUT2D eigenvalue weighted by atomic mass is 10.3. The molecule has 0 unspecified atom stereocenters. The number of piperazine rings is 1. The first-order valence-corrected chi connectivity index (χ1v) is 5.89. The molecule has 0 radical (unpaired) electrons. The maximum Gasteiger partial charge on any atom is 0.304 e. The van der Waals surface area contributed by atoms with E-state index in [0.29, 0.717) is 5.75 Å². The largest absolute Gasteiger partial charge is 0.481 e. The third-order valence-corrected chi connectivity index (χ3v) is 3.39. The van der Waals surface area contributed by atoms with Crippen LogP contribution in [0.2, 0.25) is 0 Å². The summed E-state index contributed by atoms with van der Waals surface area (Å²) in [5, 5.41) is 8.47. The first kappa shape index (κ1) is 12.3. The molecule has 1 aliphatic rings. The first-order valence-electron chi connectivity index (χ1n) is 4.95. The molecule has 5 nitrogen and oxygen atoms in total. The van der Waals surface area contributed by atoms with Crippen LogP contribution in [0.15, 0.2) is 0 Å². The Morgan fingerprint density at radius 2 is 1.87 bits per heavy atom. The molecule has 0 aromatic carbocycles. The predicted octanol–water partition coefficient (Wildman–Crippen LogP) is 0.273. The number of rotatable bonds is 4. The van der Waals surface area contributed by atoms with E-state index in [9.17, 15) is 9.59 Å². The second-order valence-corrected chi connectivity index (χ2v) is 4.59. The van der Waals surface area contributed by atoms with E-state index in [4.69, 9.17) is 5.11 Å². The fourth-order valence-corrected chi connectivity index (χ4v) is 2.34. The summed E-state index contributed by atoms with van der Waals surface area (Å²) >= 11 is 1.55. The highest BCUT2D eigenvalue weighted by Gasteiger charge is 2.18. The third-order valence-electron chi connectivity index (χ3n) is 2.27.